The first-order valence-corrected chi connectivity index (χ1v) is 6.19. The number of thioether (sulfide) groups is 2. The molecule has 0 saturated carbocycles. The normalized spacial score (nSPS) is 19.2. The van der Waals surface area contributed by atoms with Gasteiger partial charge >= 0.3 is 0 Å². The molecule has 46 valence electrons. The molecule has 0 amide bonds. The fourth-order valence-corrected chi connectivity index (χ4v) is 4.75. The van der Waals surface area contributed by atoms with E-state index in [0.29, 0.717) is 0 Å². The Labute approximate surface area is 67.8 Å². The Morgan fingerprint density at radius 3 is 2.75 bits per heavy atom. The largest absolute Gasteiger partial charge is 0.218 e. The molecule has 0 fully saturated rings. The van der Waals surface area contributed by atoms with Gasteiger partial charge in [-0.3, -0.25) is 0 Å². The van der Waals surface area contributed by atoms with Crippen LogP contribution in [0.5, 0.6) is 0 Å². The summed E-state index contributed by atoms with van der Waals surface area (Å²) >= 11 is 3.76. The summed E-state index contributed by atoms with van der Waals surface area (Å²) in [6.07, 6.45) is 2.12. The zero-order chi connectivity index (χ0) is 5.98. The van der Waals surface area contributed by atoms with Crippen LogP contribution in [0.25, 0.3) is 0 Å². The van der Waals surface area contributed by atoms with Crippen molar-refractivity contribution in [3.63, 3.8) is 0 Å². The summed E-state index contributed by atoms with van der Waals surface area (Å²) in [5.74, 6) is 0. The second-order valence-electron chi connectivity index (χ2n) is 1.23. The van der Waals surface area contributed by atoms with Gasteiger partial charge in [-0.05, 0) is 13.2 Å². The van der Waals surface area contributed by atoms with Crippen molar-refractivity contribution in [2.45, 2.75) is 6.92 Å². The van der Waals surface area contributed by atoms with Crippen molar-refractivity contribution in [1.82, 2.24) is 0 Å². The molecule has 0 aromatic heterocycles. The molecule has 1 heterocycles. The fourth-order valence-electron chi connectivity index (χ4n) is 0.321. The van der Waals surface area contributed by atoms with Crippen LogP contribution in [0.3, 0.4) is 0 Å². The second kappa shape index (κ2) is 3.22. The van der Waals surface area contributed by atoms with Crippen LogP contribution in [0, 0.1) is 0 Å². The molecule has 0 atom stereocenters. The first-order chi connectivity index (χ1) is 3.83. The molecule has 1 aliphatic rings. The second-order valence-corrected chi connectivity index (χ2v) is 7.02. The minimum absolute atomic E-state index is 0.0666. The molecule has 1 rings (SSSR count). The van der Waals surface area contributed by atoms with Gasteiger partial charge in [0.05, 0.1) is 7.22 Å². The molecule has 0 radical (unpaired) electrons. The lowest BCUT2D eigenvalue weighted by atomic mass is 10.9. The van der Waals surface area contributed by atoms with Gasteiger partial charge in [-0.15, -0.1) is 11.8 Å². The average molecular weight is 259 g/mol. The molecule has 0 saturated heterocycles. The number of nitrogens with zero attached hydrogens (tertiary/aromatic N) is 1. The molecule has 1 aliphatic heterocycles. The van der Waals surface area contributed by atoms with Gasteiger partial charge in [-0.25, -0.2) is 3.21 Å². The lowest BCUT2D eigenvalue weighted by Crippen LogP contribution is -1.79. The van der Waals surface area contributed by atoms with E-state index < -0.39 is 0 Å². The van der Waals surface area contributed by atoms with E-state index in [1.807, 2.05) is 23.5 Å². The quantitative estimate of drug-likeness (QED) is 0.671. The van der Waals surface area contributed by atoms with Crippen LogP contribution in [0.4, 0.5) is 0 Å². The summed E-state index contributed by atoms with van der Waals surface area (Å²) in [5, 5.41) is 1.25. The van der Waals surface area contributed by atoms with E-state index in [2.05, 4.69) is 16.4 Å². The van der Waals surface area contributed by atoms with E-state index in [1.165, 1.54) is 7.22 Å². The van der Waals surface area contributed by atoms with Gasteiger partial charge in [-0.2, -0.15) is 0 Å². The van der Waals surface area contributed by atoms with E-state index >= 15 is 0 Å². The maximum absolute atomic E-state index is 4.32. The number of hydrogen-bond donors (Lipinski definition) is 0. The minimum atomic E-state index is 0.0666. The standard InChI is InChI=1S/C4H6INS2/c1-3-6-5-4(7-2)8-3/h1-2H3. The average Bonchev–Trinajstić information content (AvgIpc) is 2.14. The van der Waals surface area contributed by atoms with Crippen molar-refractivity contribution in [1.29, 1.82) is 0 Å². The summed E-state index contributed by atoms with van der Waals surface area (Å²) in [7, 11) is 0. The summed E-state index contributed by atoms with van der Waals surface area (Å²) < 4.78 is 5.85. The molecule has 0 unspecified atom stereocenters. The Hall–Kier alpha value is 0.970. The van der Waals surface area contributed by atoms with Crippen LogP contribution in [-0.2, 0) is 0 Å². The van der Waals surface area contributed by atoms with Crippen molar-refractivity contribution in [3.8, 4) is 0 Å². The lowest BCUT2D eigenvalue weighted by Gasteiger charge is -1.88. The van der Waals surface area contributed by atoms with Crippen LogP contribution in [0.1, 0.15) is 6.92 Å². The van der Waals surface area contributed by atoms with Gasteiger partial charge in [0.15, 0.2) is 0 Å². The first kappa shape index (κ1) is 7.08. The van der Waals surface area contributed by atoms with E-state index in [4.69, 9.17) is 0 Å². The van der Waals surface area contributed by atoms with Gasteiger partial charge in [-0.1, -0.05) is 11.8 Å². The molecular formula is C4H6INS2. The van der Waals surface area contributed by atoms with Gasteiger partial charge in [0, 0.05) is 21.0 Å². The fraction of sp³-hybridized carbons (Fsp3) is 0.500. The third kappa shape index (κ3) is 1.73. The zero-order valence-corrected chi connectivity index (χ0v) is 8.43. The molecule has 0 N–H and O–H groups in total. The maximum atomic E-state index is 4.32. The van der Waals surface area contributed by atoms with Gasteiger partial charge in [0.25, 0.3) is 0 Å². The van der Waals surface area contributed by atoms with Crippen LogP contribution >= 0.6 is 44.5 Å². The minimum Gasteiger partial charge on any atom is -0.218 e. The molecule has 8 heavy (non-hydrogen) atoms. The van der Waals surface area contributed by atoms with Crippen LogP contribution in [0.15, 0.2) is 3.21 Å². The van der Waals surface area contributed by atoms with Crippen molar-refractivity contribution in [3.05, 3.63) is 0 Å². The highest BCUT2D eigenvalue weighted by atomic mass is 127. The van der Waals surface area contributed by atoms with Crippen molar-refractivity contribution >= 4 is 51.7 Å². The van der Waals surface area contributed by atoms with Crippen molar-refractivity contribution < 1.29 is 0 Å². The maximum Gasteiger partial charge on any atom is 0.0970 e. The Kier molecular flexibility index (Phi) is 2.85. The topological polar surface area (TPSA) is 12.4 Å². The van der Waals surface area contributed by atoms with Crippen LogP contribution in [-0.4, -0.2) is 13.5 Å². The molecule has 0 bridgehead atoms. The summed E-state index contributed by atoms with van der Waals surface area (Å²) in [6.45, 7) is 2.08. The molecular weight excluding hydrogens is 253 g/mol. The Balaban J connectivity index is 2.49. The van der Waals surface area contributed by atoms with Crippen molar-refractivity contribution in [2.75, 3.05) is 6.26 Å². The highest BCUT2D eigenvalue weighted by Crippen LogP contribution is 2.30. The molecule has 0 aromatic carbocycles. The van der Waals surface area contributed by atoms with E-state index in [1.54, 1.807) is 0 Å². The molecule has 1 nitrogen and oxygen atoms in total. The smallest absolute Gasteiger partial charge is 0.0970 e. The van der Waals surface area contributed by atoms with Crippen LogP contribution in [0.2, 0.25) is 0 Å². The number of halogens is 1. The van der Waals surface area contributed by atoms with Crippen molar-refractivity contribution in [2.24, 2.45) is 3.21 Å². The number of rotatable bonds is 1. The third-order valence-electron chi connectivity index (χ3n) is 0.619. The van der Waals surface area contributed by atoms with Gasteiger partial charge in [0.2, 0.25) is 0 Å². The zero-order valence-electron chi connectivity index (χ0n) is 4.64. The number of hydrogen-bond acceptors (Lipinski definition) is 3. The SMILES string of the molecule is CSC1=IN=C(C)S1. The first-order valence-electron chi connectivity index (χ1n) is 2.10. The molecule has 4 heteroatoms. The molecule has 0 aliphatic carbocycles. The van der Waals surface area contributed by atoms with Gasteiger partial charge in [0.1, 0.15) is 0 Å². The Bertz CT molecular complexity index is 152. The molecule has 0 spiro atoms. The predicted octanol–water partition coefficient (Wildman–Crippen LogP) is 2.49. The Morgan fingerprint density at radius 2 is 2.50 bits per heavy atom. The summed E-state index contributed by atoms with van der Waals surface area (Å²) in [6, 6.07) is 0. The highest BCUT2D eigenvalue weighted by Gasteiger charge is 2.04. The molecule has 0 aromatic rings. The van der Waals surface area contributed by atoms with E-state index in [9.17, 15) is 0 Å². The van der Waals surface area contributed by atoms with E-state index in [0.717, 1.165) is 0 Å². The van der Waals surface area contributed by atoms with E-state index in [-0.39, 0.29) is 21.0 Å². The van der Waals surface area contributed by atoms with Crippen LogP contribution < -0.4 is 0 Å². The van der Waals surface area contributed by atoms with Gasteiger partial charge < -0.3 is 0 Å². The third-order valence-corrected chi connectivity index (χ3v) is 6.83. The predicted molar refractivity (Wildman–Crippen MR) is 53.2 cm³/mol. The summed E-state index contributed by atoms with van der Waals surface area (Å²) in [4.78, 5) is 0. The highest BCUT2D eigenvalue weighted by molar-refractivity contribution is 14.2. The summed E-state index contributed by atoms with van der Waals surface area (Å²) in [5.41, 5.74) is 0. The lowest BCUT2D eigenvalue weighted by molar-refractivity contribution is 1.92. The Morgan fingerprint density at radius 1 is 1.75 bits per heavy atom. The monoisotopic (exact) mass is 259 g/mol.